The van der Waals surface area contributed by atoms with Gasteiger partial charge in [0.05, 0.1) is 6.61 Å². The SMILES string of the molecule is CC(=O)N[C@@H](Cc1ccc(Cl)cc1)C(=O)N[C@@H](Cc1cccnc1)C(=O)N[C@@H](CO)C(=O)N[C@@H](Cc1ccc(O)cc1)C(=O)N[C@@H](Cc1ccc2ccccc2c1)C(=O)N[C@@H](CC(C)C)C(=O)N[C@@H](CCCN=C(N)N)C(=O)N1CCC[C@H]1C(=O)N[C@H](C)C(N)=O. The number of aliphatic hydroxyl groups is 1. The van der Waals surface area contributed by atoms with Crippen LogP contribution in [0.3, 0.4) is 0 Å². The molecule has 1 aromatic heterocycles. The molecule has 16 N–H and O–H groups in total. The number of halogens is 1. The van der Waals surface area contributed by atoms with E-state index in [2.05, 4.69) is 52.5 Å². The molecule has 2 heterocycles. The minimum atomic E-state index is -1.76. The van der Waals surface area contributed by atoms with Crippen molar-refractivity contribution in [3.05, 3.63) is 143 Å². The van der Waals surface area contributed by atoms with Crippen molar-refractivity contribution in [3.8, 4) is 5.75 Å². The number of nitrogens with one attached hydrogen (secondary N) is 8. The monoisotopic (exact) mass is 1270 g/mol. The number of fused-ring (bicyclic) bond motifs is 1. The molecule has 1 aliphatic rings. The molecule has 27 heteroatoms. The first-order chi connectivity index (χ1) is 43.4. The Kier molecular flexibility index (Phi) is 26.6. The topological polar surface area (TPSA) is 414 Å². The van der Waals surface area contributed by atoms with Crippen LogP contribution in [0.15, 0.2) is 121 Å². The number of carbonyl (C=O) groups is 10. The number of carbonyl (C=O) groups excluding carboxylic acids is 10. The molecule has 486 valence electrons. The van der Waals surface area contributed by atoms with Gasteiger partial charge in [0.2, 0.25) is 59.1 Å². The molecule has 26 nitrogen and oxygen atoms in total. The van der Waals surface area contributed by atoms with Crippen LogP contribution in [-0.2, 0) is 73.6 Å². The van der Waals surface area contributed by atoms with E-state index in [-0.39, 0.29) is 82.1 Å². The van der Waals surface area contributed by atoms with Crippen molar-refractivity contribution < 1.29 is 58.2 Å². The smallest absolute Gasteiger partial charge is 0.245 e. The number of hydrogen-bond acceptors (Lipinski definition) is 14. The fourth-order valence-electron chi connectivity index (χ4n) is 10.3. The second kappa shape index (κ2) is 34.3. The Bertz CT molecular complexity index is 3390. The maximum atomic E-state index is 15.0. The summed E-state index contributed by atoms with van der Waals surface area (Å²) in [7, 11) is 0. The summed E-state index contributed by atoms with van der Waals surface area (Å²) in [5.41, 5.74) is 18.7. The molecule has 1 aliphatic heterocycles. The van der Waals surface area contributed by atoms with E-state index in [1.54, 1.807) is 42.5 Å². The predicted octanol–water partition coefficient (Wildman–Crippen LogP) is 0.351. The van der Waals surface area contributed by atoms with Gasteiger partial charge in [-0.05, 0) is 108 Å². The molecule has 1 fully saturated rings. The lowest BCUT2D eigenvalue weighted by Gasteiger charge is -2.31. The lowest BCUT2D eigenvalue weighted by atomic mass is 9.98. The van der Waals surface area contributed by atoms with Gasteiger partial charge in [0, 0.05) is 63.1 Å². The first-order valence-corrected chi connectivity index (χ1v) is 30.3. The highest BCUT2D eigenvalue weighted by atomic mass is 35.5. The van der Waals surface area contributed by atoms with Crippen molar-refractivity contribution >= 4 is 87.4 Å². The Morgan fingerprint density at radius 1 is 0.604 bits per heavy atom. The number of aromatic nitrogens is 1. The molecule has 0 aliphatic carbocycles. The molecule has 0 bridgehead atoms. The molecule has 0 unspecified atom stereocenters. The molecular weight excluding hydrogens is 1190 g/mol. The Labute approximate surface area is 532 Å². The fourth-order valence-corrected chi connectivity index (χ4v) is 10.5. The van der Waals surface area contributed by atoms with Crippen LogP contribution in [0.4, 0.5) is 0 Å². The average Bonchev–Trinajstić information content (AvgIpc) is 3.11. The van der Waals surface area contributed by atoms with E-state index in [0.29, 0.717) is 33.7 Å². The summed E-state index contributed by atoms with van der Waals surface area (Å²) in [4.78, 5) is 149. The van der Waals surface area contributed by atoms with Gasteiger partial charge >= 0.3 is 0 Å². The molecule has 9 atom stereocenters. The lowest BCUT2D eigenvalue weighted by molar-refractivity contribution is -0.142. The lowest BCUT2D eigenvalue weighted by Crippen LogP contribution is -2.61. The van der Waals surface area contributed by atoms with Gasteiger partial charge in [-0.3, -0.25) is 57.9 Å². The van der Waals surface area contributed by atoms with Crippen LogP contribution >= 0.6 is 11.6 Å². The maximum absolute atomic E-state index is 15.0. The van der Waals surface area contributed by atoms with Crippen LogP contribution in [0.1, 0.15) is 82.1 Å². The summed E-state index contributed by atoms with van der Waals surface area (Å²) >= 11 is 6.09. The van der Waals surface area contributed by atoms with Crippen LogP contribution < -0.4 is 59.7 Å². The highest BCUT2D eigenvalue weighted by molar-refractivity contribution is 6.30. The summed E-state index contributed by atoms with van der Waals surface area (Å²) in [6.45, 7) is 5.47. The zero-order chi connectivity index (χ0) is 66.3. The quantitative estimate of drug-likeness (QED) is 0.0157. The van der Waals surface area contributed by atoms with E-state index in [4.69, 9.17) is 28.8 Å². The van der Waals surface area contributed by atoms with Gasteiger partial charge in [0.1, 0.15) is 60.1 Å². The maximum Gasteiger partial charge on any atom is 0.245 e. The summed E-state index contributed by atoms with van der Waals surface area (Å²) in [5, 5.41) is 44.4. The standard InChI is InChI=1S/C64H81ClN14O12/c1-36(2)28-48(56(84)73-47(13-8-26-70-64(67)68)63(91)79-27-9-14-54(79)62(90)71-37(3)55(66)83)74-59(87)51(32-41-15-20-43-11-5-6-12-44(43)29-41)75-58(86)50(31-40-18-23-46(82)24-19-40)77-61(89)53(35-80)78-60(88)52(33-42-10-7-25-69-34-42)76-57(85)49(72-38(4)81)30-39-16-21-45(65)22-17-39/h5-7,10-12,15-25,29,34,36-37,47-54,80,82H,8-9,13-14,26-28,30-33,35H2,1-4H3,(H2,66,83)(H,71,90)(H,72,81)(H,73,84)(H,74,87)(H,75,86)(H,76,85)(H,77,89)(H,78,88)(H4,67,68,70)/t37-,47+,48+,49+,50+,51+,52+,53+,54+/m1/s1. The van der Waals surface area contributed by atoms with Gasteiger partial charge < -0.3 is 74.8 Å². The Hall–Kier alpha value is -9.69. The number of aliphatic imine (C=N–C) groups is 1. The van der Waals surface area contributed by atoms with E-state index < -0.39 is 120 Å². The van der Waals surface area contributed by atoms with Crippen LogP contribution in [-0.4, -0.2) is 159 Å². The summed E-state index contributed by atoms with van der Waals surface area (Å²) < 4.78 is 0. The van der Waals surface area contributed by atoms with E-state index in [9.17, 15) is 48.6 Å². The van der Waals surface area contributed by atoms with Crippen molar-refractivity contribution in [2.45, 2.75) is 140 Å². The number of nitrogens with zero attached hydrogens (tertiary/aromatic N) is 3. The van der Waals surface area contributed by atoms with Crippen molar-refractivity contribution in [2.24, 2.45) is 28.1 Å². The van der Waals surface area contributed by atoms with Crippen LogP contribution in [0.2, 0.25) is 5.02 Å². The number of rotatable bonds is 32. The predicted molar refractivity (Wildman–Crippen MR) is 340 cm³/mol. The Balaban J connectivity index is 1.28. The second-order valence-corrected chi connectivity index (χ2v) is 23.3. The number of aliphatic hydroxyl groups excluding tert-OH is 1. The van der Waals surface area contributed by atoms with E-state index in [1.165, 1.54) is 55.4 Å². The van der Waals surface area contributed by atoms with E-state index in [0.717, 1.165) is 10.8 Å². The minimum Gasteiger partial charge on any atom is -0.508 e. The number of phenols is 1. The zero-order valence-electron chi connectivity index (χ0n) is 51.2. The highest BCUT2D eigenvalue weighted by Crippen LogP contribution is 2.22. The number of nitrogens with two attached hydrogens (primary N) is 3. The molecule has 5 aromatic rings. The van der Waals surface area contributed by atoms with Gasteiger partial charge in [-0.15, -0.1) is 0 Å². The third-order valence-corrected chi connectivity index (χ3v) is 15.3. The van der Waals surface area contributed by atoms with Crippen LogP contribution in [0.25, 0.3) is 10.8 Å². The molecular formula is C64H81ClN14O12. The summed E-state index contributed by atoms with van der Waals surface area (Å²) in [5.74, 6) is -8.39. The van der Waals surface area contributed by atoms with Crippen LogP contribution in [0.5, 0.6) is 5.75 Å². The van der Waals surface area contributed by atoms with Crippen molar-refractivity contribution in [3.63, 3.8) is 0 Å². The Morgan fingerprint density at radius 2 is 1.11 bits per heavy atom. The van der Waals surface area contributed by atoms with Crippen molar-refractivity contribution in [1.29, 1.82) is 0 Å². The molecule has 10 amide bonds. The van der Waals surface area contributed by atoms with Gasteiger partial charge in [0.15, 0.2) is 5.96 Å². The number of phenolic OH excluding ortho intramolecular Hbond substituents is 1. The molecule has 91 heavy (non-hydrogen) atoms. The van der Waals surface area contributed by atoms with E-state index >= 15 is 9.59 Å². The third-order valence-electron chi connectivity index (χ3n) is 15.1. The molecule has 0 radical (unpaired) electrons. The number of benzene rings is 4. The van der Waals surface area contributed by atoms with Gasteiger partial charge in [-0.25, -0.2) is 0 Å². The molecule has 0 spiro atoms. The van der Waals surface area contributed by atoms with Gasteiger partial charge in [-0.1, -0.05) is 98.2 Å². The molecule has 6 rings (SSSR count). The zero-order valence-corrected chi connectivity index (χ0v) is 51.9. The number of likely N-dealkylation sites (tertiary alicyclic amines) is 1. The largest absolute Gasteiger partial charge is 0.508 e. The average molecular weight is 1270 g/mol. The number of guanidine groups is 1. The number of amides is 10. The first-order valence-electron chi connectivity index (χ1n) is 29.9. The normalized spacial score (nSPS) is 15.4. The number of aromatic hydroxyl groups is 1. The number of primary amides is 1. The van der Waals surface area contributed by atoms with E-state index in [1.807, 2.05) is 50.2 Å². The second-order valence-electron chi connectivity index (χ2n) is 22.9. The summed E-state index contributed by atoms with van der Waals surface area (Å²) in [6, 6.07) is 16.4. The first kappa shape index (κ1) is 70.4. The van der Waals surface area contributed by atoms with Crippen molar-refractivity contribution in [2.75, 3.05) is 19.7 Å². The minimum absolute atomic E-state index is 0.00341. The molecule has 4 aromatic carbocycles. The summed E-state index contributed by atoms with van der Waals surface area (Å²) in [6.07, 6.45) is 3.30. The van der Waals surface area contributed by atoms with Gasteiger partial charge in [0.25, 0.3) is 0 Å². The van der Waals surface area contributed by atoms with Crippen LogP contribution in [0, 0.1) is 5.92 Å². The molecule has 1 saturated heterocycles. The van der Waals surface area contributed by atoms with Gasteiger partial charge in [-0.2, -0.15) is 0 Å². The highest BCUT2D eigenvalue weighted by Gasteiger charge is 2.40. The molecule has 0 saturated carbocycles. The fraction of sp³-hybridized carbons (Fsp3) is 0.406. The van der Waals surface area contributed by atoms with Crippen molar-refractivity contribution in [1.82, 2.24) is 52.4 Å². The number of hydrogen-bond donors (Lipinski definition) is 13. The Morgan fingerprint density at radius 3 is 1.66 bits per heavy atom. The third kappa shape index (κ3) is 22.1. The number of pyridine rings is 1.